The molecule has 0 unspecified atom stereocenters. The second-order valence-electron chi connectivity index (χ2n) is 11.8. The molecule has 0 saturated heterocycles. The lowest BCUT2D eigenvalue weighted by Crippen LogP contribution is -2.40. The molecule has 1 aromatic heterocycles. The molecule has 49 heavy (non-hydrogen) atoms. The van der Waals surface area contributed by atoms with E-state index < -0.39 is 12.0 Å². The van der Waals surface area contributed by atoms with Crippen molar-refractivity contribution in [2.24, 2.45) is 4.99 Å². The van der Waals surface area contributed by atoms with Crippen molar-refractivity contribution >= 4 is 23.4 Å². The van der Waals surface area contributed by atoms with Gasteiger partial charge in [-0.25, -0.2) is 9.79 Å². The van der Waals surface area contributed by atoms with Crippen LogP contribution >= 0.6 is 11.3 Å². The number of aromatic nitrogens is 1. The lowest BCUT2D eigenvalue weighted by Gasteiger charge is -2.27. The molecule has 0 N–H and O–H groups in total. The third-order valence-corrected chi connectivity index (χ3v) is 9.38. The van der Waals surface area contributed by atoms with Crippen molar-refractivity contribution in [3.8, 4) is 23.0 Å². The number of methoxy groups -OCH3 is 2. The number of esters is 1. The second kappa shape index (κ2) is 15.6. The molecule has 0 amide bonds. The number of benzene rings is 3. The first-order valence-electron chi connectivity index (χ1n) is 16.5. The highest BCUT2D eigenvalue weighted by molar-refractivity contribution is 7.07. The Morgan fingerprint density at radius 3 is 2.29 bits per heavy atom. The summed E-state index contributed by atoms with van der Waals surface area (Å²) >= 11 is 1.27. The zero-order valence-corrected chi connectivity index (χ0v) is 30.3. The van der Waals surface area contributed by atoms with Gasteiger partial charge in [0.2, 0.25) is 0 Å². The van der Waals surface area contributed by atoms with E-state index in [-0.39, 0.29) is 12.2 Å². The summed E-state index contributed by atoms with van der Waals surface area (Å²) in [5, 5.41) is 0. The molecule has 258 valence electrons. The van der Waals surface area contributed by atoms with E-state index in [1.807, 2.05) is 38.1 Å². The minimum atomic E-state index is -0.840. The van der Waals surface area contributed by atoms with Gasteiger partial charge in [-0.2, -0.15) is 0 Å². The van der Waals surface area contributed by atoms with Crippen LogP contribution in [-0.2, 0) is 16.1 Å². The average molecular weight is 685 g/mol. The first-order valence-corrected chi connectivity index (χ1v) is 17.4. The van der Waals surface area contributed by atoms with Gasteiger partial charge in [-0.3, -0.25) is 9.36 Å². The Kier molecular flexibility index (Phi) is 11.3. The Labute approximate surface area is 291 Å². The quantitative estimate of drug-likeness (QED) is 0.148. The van der Waals surface area contributed by atoms with Crippen molar-refractivity contribution in [3.05, 3.63) is 113 Å². The fourth-order valence-electron chi connectivity index (χ4n) is 6.21. The summed E-state index contributed by atoms with van der Waals surface area (Å²) in [5.74, 6) is 1.75. The fourth-order valence-corrected chi connectivity index (χ4v) is 7.23. The van der Waals surface area contributed by atoms with E-state index in [0.717, 1.165) is 17.5 Å². The Morgan fingerprint density at radius 1 is 0.898 bits per heavy atom. The summed E-state index contributed by atoms with van der Waals surface area (Å²) in [4.78, 5) is 33.3. The fraction of sp³-hybridized carbons (Fsp3) is 0.359. The second-order valence-corrected chi connectivity index (χ2v) is 12.8. The van der Waals surface area contributed by atoms with E-state index in [0.29, 0.717) is 68.8 Å². The standard InChI is InChI=1S/C39H44N2O7S/c1-9-12-30-35(38(43)47-11-3)36(28-21-27(44-7)14-16-31(28)45-8)41-37(42)34(49-39(41)40-30)20-26-13-15-32(33(19-26)46-10-2)48-22-29-24(5)17-23(4)18-25(29)6/h13-21,36H,9-12,22H2,1-8H3/b34-20-/t36-/m0/s1. The van der Waals surface area contributed by atoms with Crippen LogP contribution in [0.5, 0.6) is 23.0 Å². The third-order valence-electron chi connectivity index (χ3n) is 8.40. The first-order chi connectivity index (χ1) is 23.6. The number of carbonyl (C=O) groups excluding carboxylic acids is 1. The van der Waals surface area contributed by atoms with Crippen molar-refractivity contribution in [2.45, 2.75) is 67.0 Å². The molecular formula is C39H44N2O7S. The van der Waals surface area contributed by atoms with E-state index in [1.54, 1.807) is 43.9 Å². The molecule has 3 aromatic carbocycles. The molecule has 0 fully saturated rings. The van der Waals surface area contributed by atoms with Gasteiger partial charge in [0.25, 0.3) is 5.56 Å². The molecule has 0 radical (unpaired) electrons. The summed E-state index contributed by atoms with van der Waals surface area (Å²) in [6.07, 6.45) is 3.09. The number of thiazole rings is 1. The number of aryl methyl sites for hydroxylation is 3. The average Bonchev–Trinajstić information content (AvgIpc) is 3.38. The molecule has 9 nitrogen and oxygen atoms in total. The summed E-state index contributed by atoms with van der Waals surface area (Å²) in [6, 6.07) is 14.5. The number of fused-ring (bicyclic) bond motifs is 1. The number of nitrogens with zero attached hydrogens (tertiary/aromatic N) is 2. The molecule has 2 heterocycles. The molecule has 4 aromatic rings. The summed E-state index contributed by atoms with van der Waals surface area (Å²) in [7, 11) is 3.13. The highest BCUT2D eigenvalue weighted by Crippen LogP contribution is 2.39. The van der Waals surface area contributed by atoms with Crippen molar-refractivity contribution in [3.63, 3.8) is 0 Å². The van der Waals surface area contributed by atoms with Crippen LogP contribution < -0.4 is 33.8 Å². The van der Waals surface area contributed by atoms with Gasteiger partial charge in [0, 0.05) is 5.56 Å². The zero-order chi connectivity index (χ0) is 35.2. The molecule has 0 spiro atoms. The van der Waals surface area contributed by atoms with Crippen LogP contribution in [0, 0.1) is 20.8 Å². The minimum Gasteiger partial charge on any atom is -0.497 e. The third kappa shape index (κ3) is 7.44. The van der Waals surface area contributed by atoms with Crippen molar-refractivity contribution in [1.82, 2.24) is 4.57 Å². The maximum atomic E-state index is 14.4. The van der Waals surface area contributed by atoms with Gasteiger partial charge in [-0.05, 0) is 99.7 Å². The molecule has 0 saturated carbocycles. The van der Waals surface area contributed by atoms with E-state index in [1.165, 1.54) is 28.0 Å². The number of hydrogen-bond donors (Lipinski definition) is 0. The van der Waals surface area contributed by atoms with E-state index >= 15 is 0 Å². The Hall–Kier alpha value is -4.83. The maximum absolute atomic E-state index is 14.4. The number of rotatable bonds is 13. The Morgan fingerprint density at radius 2 is 1.63 bits per heavy atom. The molecule has 0 aliphatic carbocycles. The lowest BCUT2D eigenvalue weighted by atomic mass is 9.93. The lowest BCUT2D eigenvalue weighted by molar-refractivity contribution is -0.139. The van der Waals surface area contributed by atoms with Gasteiger partial charge < -0.3 is 23.7 Å². The van der Waals surface area contributed by atoms with E-state index in [4.69, 9.17) is 28.7 Å². The normalized spacial score (nSPS) is 14.3. The van der Waals surface area contributed by atoms with Gasteiger partial charge >= 0.3 is 5.97 Å². The summed E-state index contributed by atoms with van der Waals surface area (Å²) < 4.78 is 31.1. The molecule has 10 heteroatoms. The number of allylic oxidation sites excluding steroid dienone is 1. The Balaban J connectivity index is 1.63. The van der Waals surface area contributed by atoms with Crippen LogP contribution in [0.1, 0.15) is 73.0 Å². The topological polar surface area (TPSA) is 97.6 Å². The first kappa shape index (κ1) is 35.5. The van der Waals surface area contributed by atoms with Crippen LogP contribution in [0.15, 0.2) is 69.6 Å². The van der Waals surface area contributed by atoms with Crippen LogP contribution in [-0.4, -0.2) is 38.0 Å². The Bertz CT molecular complexity index is 2050. The highest BCUT2D eigenvalue weighted by atomic mass is 32.1. The number of ether oxygens (including phenoxy) is 5. The maximum Gasteiger partial charge on any atom is 0.338 e. The molecular weight excluding hydrogens is 641 g/mol. The van der Waals surface area contributed by atoms with Crippen LogP contribution in [0.2, 0.25) is 0 Å². The van der Waals surface area contributed by atoms with Crippen LogP contribution in [0.3, 0.4) is 0 Å². The van der Waals surface area contributed by atoms with Crippen LogP contribution in [0.25, 0.3) is 6.08 Å². The van der Waals surface area contributed by atoms with Crippen LogP contribution in [0.4, 0.5) is 0 Å². The summed E-state index contributed by atoms with van der Waals surface area (Å²) in [5.41, 5.74) is 6.69. The summed E-state index contributed by atoms with van der Waals surface area (Å²) in [6.45, 7) is 13.0. The van der Waals surface area contributed by atoms with Gasteiger partial charge in [-0.1, -0.05) is 48.4 Å². The van der Waals surface area contributed by atoms with Gasteiger partial charge in [0.1, 0.15) is 24.1 Å². The SMILES string of the molecule is CCCC1=C(C(=O)OCC)[C@H](c2cc(OC)ccc2OC)n2c(s/c(=C\c3ccc(OCc4c(C)cc(C)cc4C)c(OCC)c3)c2=O)=N1. The van der Waals surface area contributed by atoms with Crippen molar-refractivity contribution < 1.29 is 28.5 Å². The monoisotopic (exact) mass is 684 g/mol. The predicted molar refractivity (Wildman–Crippen MR) is 192 cm³/mol. The van der Waals surface area contributed by atoms with Gasteiger partial charge in [-0.15, -0.1) is 0 Å². The number of hydrogen-bond acceptors (Lipinski definition) is 9. The van der Waals surface area contributed by atoms with Crippen molar-refractivity contribution in [1.29, 1.82) is 0 Å². The van der Waals surface area contributed by atoms with Gasteiger partial charge in [0.05, 0.1) is 43.2 Å². The zero-order valence-electron chi connectivity index (χ0n) is 29.5. The smallest absolute Gasteiger partial charge is 0.338 e. The highest BCUT2D eigenvalue weighted by Gasteiger charge is 2.36. The van der Waals surface area contributed by atoms with Crippen molar-refractivity contribution in [2.75, 3.05) is 27.4 Å². The number of carbonyl (C=O) groups is 1. The molecule has 1 atom stereocenters. The van der Waals surface area contributed by atoms with E-state index in [9.17, 15) is 9.59 Å². The van der Waals surface area contributed by atoms with Gasteiger partial charge in [0.15, 0.2) is 16.3 Å². The molecule has 0 bridgehead atoms. The molecule has 1 aliphatic rings. The molecule has 5 rings (SSSR count). The minimum absolute atomic E-state index is 0.181. The molecule has 1 aliphatic heterocycles. The van der Waals surface area contributed by atoms with E-state index in [2.05, 4.69) is 32.9 Å². The largest absolute Gasteiger partial charge is 0.497 e. The predicted octanol–water partition coefficient (Wildman–Crippen LogP) is 6.50.